The predicted molar refractivity (Wildman–Crippen MR) is 138 cm³/mol. The monoisotopic (exact) mass is 433 g/mol. The van der Waals surface area contributed by atoms with Gasteiger partial charge in [0.1, 0.15) is 12.4 Å². The van der Waals surface area contributed by atoms with E-state index in [1.807, 2.05) is 0 Å². The van der Waals surface area contributed by atoms with Gasteiger partial charge in [-0.2, -0.15) is 0 Å². The number of hydrogen-bond donors (Lipinski definition) is 0. The Morgan fingerprint density at radius 3 is 1.39 bits per heavy atom. The molecule has 182 valence electrons. The van der Waals surface area contributed by atoms with E-state index in [0.717, 1.165) is 0 Å². The lowest BCUT2D eigenvalue weighted by Gasteiger charge is -2.05. The van der Waals surface area contributed by atoms with Crippen LogP contribution in [-0.4, -0.2) is 4.57 Å². The van der Waals surface area contributed by atoms with E-state index in [1.54, 1.807) is 0 Å². The third-order valence-electron chi connectivity index (χ3n) is 6.97. The van der Waals surface area contributed by atoms with Gasteiger partial charge >= 0.3 is 0 Å². The number of aryl methyl sites for hydroxylation is 2. The van der Waals surface area contributed by atoms with Gasteiger partial charge in [0.05, 0.1) is 13.6 Å². The Morgan fingerprint density at radius 2 is 0.935 bits per heavy atom. The molecule has 0 aliphatic rings. The summed E-state index contributed by atoms with van der Waals surface area (Å²) in [7, 11) is 2.21. The van der Waals surface area contributed by atoms with Crippen molar-refractivity contribution in [3.05, 3.63) is 18.2 Å². The first-order valence-corrected chi connectivity index (χ1v) is 14.3. The van der Waals surface area contributed by atoms with Crippen molar-refractivity contribution < 1.29 is 4.57 Å². The van der Waals surface area contributed by atoms with Crippen molar-refractivity contribution in [1.29, 1.82) is 0 Å². The molecule has 0 aliphatic heterocycles. The summed E-state index contributed by atoms with van der Waals surface area (Å²) in [5, 5.41) is 0. The van der Waals surface area contributed by atoms with Crippen molar-refractivity contribution in [2.75, 3.05) is 0 Å². The van der Waals surface area contributed by atoms with Crippen LogP contribution >= 0.6 is 0 Å². The Labute approximate surface area is 196 Å². The smallest absolute Gasteiger partial charge is 0.237 e. The van der Waals surface area contributed by atoms with E-state index in [1.165, 1.54) is 154 Å². The van der Waals surface area contributed by atoms with Gasteiger partial charge in [-0.15, -0.1) is 0 Å². The average Bonchev–Trinajstić information content (AvgIpc) is 3.12. The Kier molecular flexibility index (Phi) is 19.2. The summed E-state index contributed by atoms with van der Waals surface area (Å²) in [4.78, 5) is 0. The van der Waals surface area contributed by atoms with Crippen LogP contribution in [0, 0.1) is 0 Å². The normalized spacial score (nSPS) is 11.5. The zero-order valence-electron chi connectivity index (χ0n) is 21.8. The van der Waals surface area contributed by atoms with E-state index in [0.29, 0.717) is 0 Å². The lowest BCUT2D eigenvalue weighted by atomic mass is 10.0. The van der Waals surface area contributed by atoms with Crippen molar-refractivity contribution in [1.82, 2.24) is 4.57 Å². The second-order valence-corrected chi connectivity index (χ2v) is 9.99. The number of imidazole rings is 1. The topological polar surface area (TPSA) is 8.81 Å². The number of hydrogen-bond acceptors (Lipinski definition) is 0. The minimum atomic E-state index is 1.20. The molecule has 0 radical (unpaired) electrons. The Bertz CT molecular complexity index is 491. The highest BCUT2D eigenvalue weighted by molar-refractivity contribution is 4.82. The van der Waals surface area contributed by atoms with Gasteiger partial charge in [-0.05, 0) is 19.3 Å². The van der Waals surface area contributed by atoms with Crippen LogP contribution in [0.25, 0.3) is 0 Å². The first-order valence-electron chi connectivity index (χ1n) is 14.3. The average molecular weight is 434 g/mol. The molecule has 0 amide bonds. The molecule has 1 rings (SSSR count). The third kappa shape index (κ3) is 15.6. The van der Waals surface area contributed by atoms with Gasteiger partial charge in [-0.25, -0.2) is 9.13 Å². The Hall–Kier alpha value is -0.790. The van der Waals surface area contributed by atoms with Crippen LogP contribution in [0.5, 0.6) is 0 Å². The Balaban J connectivity index is 1.88. The van der Waals surface area contributed by atoms with E-state index < -0.39 is 0 Å². The molecule has 0 saturated heterocycles. The van der Waals surface area contributed by atoms with Crippen LogP contribution in [0.15, 0.2) is 12.4 Å². The van der Waals surface area contributed by atoms with Gasteiger partial charge in [0, 0.05) is 6.42 Å². The molecule has 31 heavy (non-hydrogen) atoms. The van der Waals surface area contributed by atoms with Crippen molar-refractivity contribution >= 4 is 0 Å². The zero-order valence-corrected chi connectivity index (χ0v) is 21.8. The van der Waals surface area contributed by atoms with Gasteiger partial charge in [0.15, 0.2) is 0 Å². The molecule has 1 aromatic rings. The molecule has 0 saturated carbocycles. The number of rotatable bonds is 23. The van der Waals surface area contributed by atoms with E-state index in [4.69, 9.17) is 0 Å². The summed E-state index contributed by atoms with van der Waals surface area (Å²) >= 11 is 0. The number of nitrogens with zero attached hydrogens (tertiary/aromatic N) is 2. The van der Waals surface area contributed by atoms with Gasteiger partial charge < -0.3 is 0 Å². The highest BCUT2D eigenvalue weighted by atomic mass is 15.1. The number of unbranched alkanes of at least 4 members (excludes halogenated alkanes) is 19. The summed E-state index contributed by atoms with van der Waals surface area (Å²) in [6, 6.07) is 0. The highest BCUT2D eigenvalue weighted by Gasteiger charge is 2.13. The van der Waals surface area contributed by atoms with E-state index in [-0.39, 0.29) is 0 Å². The fraction of sp³-hybridized carbons (Fsp3) is 0.897. The summed E-state index contributed by atoms with van der Waals surface area (Å²) in [5.74, 6) is 1.53. The minimum absolute atomic E-state index is 1.20. The van der Waals surface area contributed by atoms with E-state index in [9.17, 15) is 0 Å². The first kappa shape index (κ1) is 28.2. The van der Waals surface area contributed by atoms with E-state index >= 15 is 0 Å². The maximum atomic E-state index is 2.50. The predicted octanol–water partition coefficient (Wildman–Crippen LogP) is 9.09. The van der Waals surface area contributed by atoms with Crippen LogP contribution < -0.4 is 4.57 Å². The second-order valence-electron chi connectivity index (χ2n) is 9.99. The fourth-order valence-corrected chi connectivity index (χ4v) is 4.80. The molecule has 0 unspecified atom stereocenters. The summed E-state index contributed by atoms with van der Waals surface area (Å²) in [5.41, 5.74) is 0. The molecular formula is C29H57N2+. The molecule has 1 heterocycles. The van der Waals surface area contributed by atoms with Crippen LogP contribution in [0.3, 0.4) is 0 Å². The van der Waals surface area contributed by atoms with E-state index in [2.05, 4.69) is 42.4 Å². The standard InChI is InChI=1S/C29H57N2/c1-4-6-8-10-11-12-13-14-15-16-17-18-19-20-21-22-23-25-29-30(3)27-28-31(29)26-24-9-7-5-2/h27-28H,4-26H2,1-3H3/q+1. The highest BCUT2D eigenvalue weighted by Crippen LogP contribution is 2.14. The van der Waals surface area contributed by atoms with Crippen LogP contribution in [0.2, 0.25) is 0 Å². The van der Waals surface area contributed by atoms with Crippen molar-refractivity contribution in [3.63, 3.8) is 0 Å². The van der Waals surface area contributed by atoms with Gasteiger partial charge in [0.2, 0.25) is 0 Å². The summed E-state index contributed by atoms with van der Waals surface area (Å²) in [6.07, 6.45) is 35.8. The SMILES string of the molecule is CCCCCCCCCCCCCCCCCCCc1n(C)cc[n+]1CCCCCC. The molecule has 0 fully saturated rings. The Morgan fingerprint density at radius 1 is 0.548 bits per heavy atom. The molecule has 1 aromatic heterocycles. The minimum Gasteiger partial charge on any atom is -0.237 e. The second kappa shape index (κ2) is 21.1. The molecule has 0 aliphatic carbocycles. The van der Waals surface area contributed by atoms with Crippen LogP contribution in [0.1, 0.15) is 155 Å². The maximum absolute atomic E-state index is 2.50. The first-order chi connectivity index (χ1) is 15.3. The lowest BCUT2D eigenvalue weighted by molar-refractivity contribution is -0.704. The van der Waals surface area contributed by atoms with Crippen molar-refractivity contribution in [2.45, 2.75) is 162 Å². The molecule has 2 heteroatoms. The zero-order chi connectivity index (χ0) is 22.4. The molecule has 0 atom stereocenters. The summed E-state index contributed by atoms with van der Waals surface area (Å²) in [6.45, 7) is 5.80. The van der Waals surface area contributed by atoms with Gasteiger partial charge in [-0.1, -0.05) is 129 Å². The van der Waals surface area contributed by atoms with Gasteiger partial charge in [0.25, 0.3) is 5.82 Å². The fourth-order valence-electron chi connectivity index (χ4n) is 4.80. The molecule has 0 aromatic carbocycles. The van der Waals surface area contributed by atoms with Gasteiger partial charge in [-0.3, -0.25) is 0 Å². The summed E-state index contributed by atoms with van der Waals surface area (Å²) < 4.78 is 4.84. The maximum Gasteiger partial charge on any atom is 0.256 e. The quantitative estimate of drug-likeness (QED) is 0.120. The van der Waals surface area contributed by atoms with Crippen LogP contribution in [0.4, 0.5) is 0 Å². The third-order valence-corrected chi connectivity index (χ3v) is 6.97. The lowest BCUT2D eigenvalue weighted by Crippen LogP contribution is -2.37. The van der Waals surface area contributed by atoms with Crippen molar-refractivity contribution in [3.8, 4) is 0 Å². The molecule has 0 N–H and O–H groups in total. The molecular weight excluding hydrogens is 376 g/mol. The van der Waals surface area contributed by atoms with Crippen molar-refractivity contribution in [2.24, 2.45) is 7.05 Å². The molecule has 0 spiro atoms. The van der Waals surface area contributed by atoms with Crippen LogP contribution in [-0.2, 0) is 20.0 Å². The molecule has 2 nitrogen and oxygen atoms in total. The largest absolute Gasteiger partial charge is 0.256 e. The molecule has 0 bridgehead atoms. The number of aromatic nitrogens is 2.